The number of carbonyl (C=O) groups is 2. The van der Waals surface area contributed by atoms with Crippen molar-refractivity contribution in [2.45, 2.75) is 46.7 Å². The van der Waals surface area contributed by atoms with Crippen LogP contribution in [0.3, 0.4) is 0 Å². The topological polar surface area (TPSA) is 83.4 Å². The molecular formula is C21H24N2O5. The van der Waals surface area contributed by atoms with Crippen molar-refractivity contribution in [1.29, 1.82) is 0 Å². The fourth-order valence-corrected chi connectivity index (χ4v) is 3.38. The van der Waals surface area contributed by atoms with Crippen molar-refractivity contribution in [3.63, 3.8) is 0 Å². The van der Waals surface area contributed by atoms with Crippen LogP contribution in [0.4, 0.5) is 0 Å². The fraction of sp³-hybridized carbons (Fsp3) is 0.381. The molecule has 0 saturated carbocycles. The Labute approximate surface area is 162 Å². The molecule has 3 aromatic rings. The summed E-state index contributed by atoms with van der Waals surface area (Å²) >= 11 is 0. The number of Topliss-reactive ketones (excluding diaryl/α,β-unsaturated/α-hetero) is 1. The van der Waals surface area contributed by atoms with Crippen LogP contribution in [0.2, 0.25) is 0 Å². The predicted molar refractivity (Wildman–Crippen MR) is 105 cm³/mol. The third kappa shape index (κ3) is 3.93. The number of carbonyl (C=O) groups excluding carboxylic acids is 2. The number of benzene rings is 1. The van der Waals surface area contributed by atoms with E-state index in [1.165, 1.54) is 4.57 Å². The highest BCUT2D eigenvalue weighted by atomic mass is 16.5. The lowest BCUT2D eigenvalue weighted by atomic mass is 10.1. The monoisotopic (exact) mass is 384 g/mol. The van der Waals surface area contributed by atoms with Crippen molar-refractivity contribution in [2.75, 3.05) is 6.61 Å². The fourth-order valence-electron chi connectivity index (χ4n) is 3.38. The normalized spacial score (nSPS) is 11.1. The predicted octanol–water partition coefficient (Wildman–Crippen LogP) is 3.24. The van der Waals surface area contributed by atoms with E-state index in [4.69, 9.17) is 9.15 Å². The first-order chi connectivity index (χ1) is 13.4. The second-order valence-electron chi connectivity index (χ2n) is 6.76. The van der Waals surface area contributed by atoms with Crippen LogP contribution in [-0.4, -0.2) is 27.5 Å². The molecule has 28 heavy (non-hydrogen) atoms. The largest absolute Gasteiger partial charge is 0.457 e. The lowest BCUT2D eigenvalue weighted by Gasteiger charge is -2.08. The second kappa shape index (κ2) is 8.29. The van der Waals surface area contributed by atoms with Gasteiger partial charge in [0.05, 0.1) is 11.9 Å². The first-order valence-corrected chi connectivity index (χ1v) is 9.36. The van der Waals surface area contributed by atoms with Gasteiger partial charge in [0.15, 0.2) is 12.2 Å². The van der Waals surface area contributed by atoms with E-state index in [1.807, 2.05) is 19.9 Å². The van der Waals surface area contributed by atoms with Crippen molar-refractivity contribution in [2.24, 2.45) is 0 Å². The Bertz CT molecular complexity index is 1070. The van der Waals surface area contributed by atoms with Gasteiger partial charge >= 0.3 is 11.7 Å². The van der Waals surface area contributed by atoms with E-state index < -0.39 is 11.7 Å². The minimum absolute atomic E-state index is 0.0223. The molecule has 0 bridgehead atoms. The minimum Gasteiger partial charge on any atom is -0.457 e. The van der Waals surface area contributed by atoms with Gasteiger partial charge in [-0.25, -0.2) is 4.79 Å². The maximum absolute atomic E-state index is 12.4. The first-order valence-electron chi connectivity index (χ1n) is 9.36. The van der Waals surface area contributed by atoms with Crippen molar-refractivity contribution < 1.29 is 18.7 Å². The van der Waals surface area contributed by atoms with E-state index in [0.29, 0.717) is 16.7 Å². The Kier molecular flexibility index (Phi) is 5.82. The maximum atomic E-state index is 12.4. The number of hydrogen-bond acceptors (Lipinski definition) is 5. The first kappa shape index (κ1) is 19.7. The van der Waals surface area contributed by atoms with E-state index in [2.05, 4.69) is 11.5 Å². The summed E-state index contributed by atoms with van der Waals surface area (Å²) in [5.74, 6) is -1.28. The summed E-state index contributed by atoms with van der Waals surface area (Å²) in [6.45, 7) is 6.60. The van der Waals surface area contributed by atoms with E-state index in [0.717, 1.165) is 24.4 Å². The maximum Gasteiger partial charge on any atom is 0.419 e. The molecule has 2 heterocycles. The number of aromatic nitrogens is 2. The molecule has 3 rings (SSSR count). The number of ether oxygens (including phenoxy) is 1. The third-order valence-electron chi connectivity index (χ3n) is 4.80. The highest BCUT2D eigenvalue weighted by Crippen LogP contribution is 2.17. The molecule has 0 unspecified atom stereocenters. The van der Waals surface area contributed by atoms with Gasteiger partial charge in [0.25, 0.3) is 0 Å². The van der Waals surface area contributed by atoms with Crippen LogP contribution >= 0.6 is 0 Å². The SMILES string of the molecule is CCCn1c(C)cc(C(=O)COC(=O)CCn2c(=O)oc3ccccc32)c1C. The summed E-state index contributed by atoms with van der Waals surface area (Å²) in [5.41, 5.74) is 3.58. The van der Waals surface area contributed by atoms with Gasteiger partial charge in [-0.15, -0.1) is 0 Å². The number of oxazole rings is 1. The zero-order valence-corrected chi connectivity index (χ0v) is 16.4. The highest BCUT2D eigenvalue weighted by molar-refractivity contribution is 5.99. The molecule has 0 aliphatic rings. The van der Waals surface area contributed by atoms with Gasteiger partial charge in [0.1, 0.15) is 0 Å². The molecule has 1 aromatic carbocycles. The molecule has 0 amide bonds. The molecule has 0 fully saturated rings. The molecule has 7 nitrogen and oxygen atoms in total. The van der Waals surface area contributed by atoms with Crippen LogP contribution in [0.5, 0.6) is 0 Å². The molecule has 148 valence electrons. The number of aryl methyl sites for hydroxylation is 2. The van der Waals surface area contributed by atoms with Crippen molar-refractivity contribution >= 4 is 22.9 Å². The average Bonchev–Trinajstić information content (AvgIpc) is 3.15. The van der Waals surface area contributed by atoms with Gasteiger partial charge in [-0.2, -0.15) is 0 Å². The van der Waals surface area contributed by atoms with Crippen LogP contribution < -0.4 is 5.76 Å². The standard InChI is InChI=1S/C21H24N2O5/c1-4-10-22-14(2)12-16(15(22)3)18(24)13-27-20(25)9-11-23-17-7-5-6-8-19(17)28-21(23)26/h5-8,12H,4,9-11,13H2,1-3H3. The molecule has 2 aromatic heterocycles. The summed E-state index contributed by atoms with van der Waals surface area (Å²) in [5, 5.41) is 0. The number of esters is 1. The number of hydrogen-bond donors (Lipinski definition) is 0. The molecule has 0 saturated heterocycles. The highest BCUT2D eigenvalue weighted by Gasteiger charge is 2.17. The molecule has 7 heteroatoms. The molecule has 0 aliphatic carbocycles. The second-order valence-corrected chi connectivity index (χ2v) is 6.76. The number of nitrogens with zero attached hydrogens (tertiary/aromatic N) is 2. The van der Waals surface area contributed by atoms with E-state index in [9.17, 15) is 14.4 Å². The summed E-state index contributed by atoms with van der Waals surface area (Å²) in [6, 6.07) is 8.84. The molecule has 0 spiro atoms. The van der Waals surface area contributed by atoms with Crippen LogP contribution in [0.15, 0.2) is 39.5 Å². The summed E-state index contributed by atoms with van der Waals surface area (Å²) in [7, 11) is 0. The van der Waals surface area contributed by atoms with Crippen LogP contribution in [0.25, 0.3) is 11.1 Å². The summed E-state index contributed by atoms with van der Waals surface area (Å²) in [4.78, 5) is 36.4. The van der Waals surface area contributed by atoms with Gasteiger partial charge in [0.2, 0.25) is 5.78 Å². The van der Waals surface area contributed by atoms with E-state index >= 15 is 0 Å². The molecule has 0 N–H and O–H groups in total. The van der Waals surface area contributed by atoms with Gasteiger partial charge in [0, 0.05) is 30.0 Å². The Morgan fingerprint density at radius 1 is 1.11 bits per heavy atom. The molecule has 0 radical (unpaired) electrons. The molecule has 0 aliphatic heterocycles. The van der Waals surface area contributed by atoms with Gasteiger partial charge < -0.3 is 13.7 Å². The number of para-hydroxylation sites is 2. The average molecular weight is 384 g/mol. The van der Waals surface area contributed by atoms with Crippen LogP contribution in [0.1, 0.15) is 41.5 Å². The van der Waals surface area contributed by atoms with Crippen molar-refractivity contribution in [3.05, 3.63) is 57.8 Å². The Morgan fingerprint density at radius 3 is 2.61 bits per heavy atom. The van der Waals surface area contributed by atoms with E-state index in [-0.39, 0.29) is 25.4 Å². The molecule has 0 atom stereocenters. The van der Waals surface area contributed by atoms with Crippen molar-refractivity contribution in [3.8, 4) is 0 Å². The quantitative estimate of drug-likeness (QED) is 0.440. The van der Waals surface area contributed by atoms with E-state index in [1.54, 1.807) is 24.3 Å². The van der Waals surface area contributed by atoms with Gasteiger partial charge in [-0.3, -0.25) is 14.2 Å². The third-order valence-corrected chi connectivity index (χ3v) is 4.80. The number of ketones is 1. The Hall–Kier alpha value is -3.09. The van der Waals surface area contributed by atoms with Gasteiger partial charge in [-0.1, -0.05) is 19.1 Å². The van der Waals surface area contributed by atoms with Crippen LogP contribution in [-0.2, 0) is 22.6 Å². The van der Waals surface area contributed by atoms with Gasteiger partial charge in [-0.05, 0) is 38.5 Å². The Morgan fingerprint density at radius 2 is 1.86 bits per heavy atom. The lowest BCUT2D eigenvalue weighted by Crippen LogP contribution is -2.19. The van der Waals surface area contributed by atoms with Crippen molar-refractivity contribution in [1.82, 2.24) is 9.13 Å². The van der Waals surface area contributed by atoms with Crippen LogP contribution in [0, 0.1) is 13.8 Å². The zero-order valence-electron chi connectivity index (χ0n) is 16.4. The smallest absolute Gasteiger partial charge is 0.419 e. The summed E-state index contributed by atoms with van der Waals surface area (Å²) < 4.78 is 13.7. The summed E-state index contributed by atoms with van der Waals surface area (Å²) in [6.07, 6.45) is 0.951. The minimum atomic E-state index is -0.534. The lowest BCUT2D eigenvalue weighted by molar-refractivity contribution is -0.142. The Balaban J connectivity index is 1.59. The molecular weight excluding hydrogens is 360 g/mol. The number of rotatable bonds is 8. The zero-order chi connectivity index (χ0) is 20.3. The number of fused-ring (bicyclic) bond motifs is 1.